The van der Waals surface area contributed by atoms with E-state index in [2.05, 4.69) is 31.6 Å². The normalized spacial score (nSPS) is 27.1. The van der Waals surface area contributed by atoms with E-state index in [9.17, 15) is 4.79 Å². The molecule has 0 unspecified atom stereocenters. The number of hydrogen-bond donors (Lipinski definition) is 0. The first kappa shape index (κ1) is 17.6. The van der Waals surface area contributed by atoms with E-state index in [4.69, 9.17) is 9.47 Å². The Kier molecular flexibility index (Phi) is 7.10. The Morgan fingerprint density at radius 1 is 1.30 bits per heavy atom. The standard InChI is InChI=1S/C15H29NO3Si/c1-5-15(16-12-17)8-6-14(7-9-15)19-13-18-10-11-20(2,3)4/h14H,5-11,13H2,1-4H3/t14-,15-. The van der Waals surface area contributed by atoms with Crippen molar-refractivity contribution in [3.05, 3.63) is 0 Å². The Morgan fingerprint density at radius 3 is 2.45 bits per heavy atom. The molecule has 1 aliphatic carbocycles. The van der Waals surface area contributed by atoms with Crippen LogP contribution in [-0.2, 0) is 14.3 Å². The van der Waals surface area contributed by atoms with Gasteiger partial charge >= 0.3 is 0 Å². The summed E-state index contributed by atoms with van der Waals surface area (Å²) in [5, 5.41) is 0. The van der Waals surface area contributed by atoms with Crippen LogP contribution in [0.15, 0.2) is 4.99 Å². The highest BCUT2D eigenvalue weighted by molar-refractivity contribution is 6.76. The molecule has 0 saturated heterocycles. The molecule has 1 rings (SSSR count). The van der Waals surface area contributed by atoms with Gasteiger partial charge in [0, 0.05) is 14.7 Å². The lowest BCUT2D eigenvalue weighted by Gasteiger charge is -2.35. The van der Waals surface area contributed by atoms with Crippen LogP contribution in [0.2, 0.25) is 25.7 Å². The number of nitrogens with zero attached hydrogens (tertiary/aromatic N) is 1. The average molecular weight is 299 g/mol. The van der Waals surface area contributed by atoms with Crippen LogP contribution >= 0.6 is 0 Å². The van der Waals surface area contributed by atoms with Gasteiger partial charge in [-0.25, -0.2) is 4.79 Å². The van der Waals surface area contributed by atoms with Crippen LogP contribution in [0.4, 0.5) is 0 Å². The molecule has 0 atom stereocenters. The predicted octanol–water partition coefficient (Wildman–Crippen LogP) is 3.74. The van der Waals surface area contributed by atoms with Crippen LogP contribution in [0, 0.1) is 0 Å². The number of ether oxygens (including phenoxy) is 2. The molecule has 116 valence electrons. The Bertz CT molecular complexity index is 327. The molecule has 4 nitrogen and oxygen atoms in total. The van der Waals surface area contributed by atoms with Gasteiger partial charge in [-0.05, 0) is 38.1 Å². The lowest BCUT2D eigenvalue weighted by atomic mass is 9.79. The van der Waals surface area contributed by atoms with Gasteiger partial charge < -0.3 is 9.47 Å². The molecule has 0 heterocycles. The van der Waals surface area contributed by atoms with E-state index in [0.717, 1.165) is 38.7 Å². The number of carbonyl (C=O) groups excluding carboxylic acids is 1. The second-order valence-electron chi connectivity index (χ2n) is 6.98. The zero-order valence-corrected chi connectivity index (χ0v) is 14.4. The van der Waals surface area contributed by atoms with Crippen molar-refractivity contribution in [2.24, 2.45) is 4.99 Å². The molecule has 0 amide bonds. The maximum Gasteiger partial charge on any atom is 0.235 e. The number of isocyanates is 1. The van der Waals surface area contributed by atoms with Crippen molar-refractivity contribution in [1.29, 1.82) is 0 Å². The van der Waals surface area contributed by atoms with Crippen molar-refractivity contribution < 1.29 is 14.3 Å². The van der Waals surface area contributed by atoms with E-state index < -0.39 is 8.07 Å². The van der Waals surface area contributed by atoms with E-state index in [-0.39, 0.29) is 11.6 Å². The monoisotopic (exact) mass is 299 g/mol. The molecule has 0 bridgehead atoms. The maximum atomic E-state index is 10.5. The van der Waals surface area contributed by atoms with Crippen LogP contribution in [0.5, 0.6) is 0 Å². The van der Waals surface area contributed by atoms with Crippen LogP contribution in [-0.4, -0.2) is 39.2 Å². The molecule has 0 N–H and O–H groups in total. The summed E-state index contributed by atoms with van der Waals surface area (Å²) >= 11 is 0. The molecule has 5 heteroatoms. The summed E-state index contributed by atoms with van der Waals surface area (Å²) in [6.07, 6.45) is 6.63. The second-order valence-corrected chi connectivity index (χ2v) is 12.6. The molecule has 20 heavy (non-hydrogen) atoms. The SMILES string of the molecule is CC[C@]1(N=C=O)CC[C@H](OCOCC[Si](C)(C)C)CC1. The van der Waals surface area contributed by atoms with Crippen LogP contribution in [0.25, 0.3) is 0 Å². The third kappa shape index (κ3) is 6.31. The van der Waals surface area contributed by atoms with Gasteiger partial charge in [0.15, 0.2) is 0 Å². The second kappa shape index (κ2) is 8.08. The summed E-state index contributed by atoms with van der Waals surface area (Å²) < 4.78 is 11.3. The highest BCUT2D eigenvalue weighted by atomic mass is 28.3. The van der Waals surface area contributed by atoms with Gasteiger partial charge in [0.25, 0.3) is 0 Å². The fraction of sp³-hybridized carbons (Fsp3) is 0.933. The van der Waals surface area contributed by atoms with Crippen molar-refractivity contribution >= 4 is 14.2 Å². The van der Waals surface area contributed by atoms with E-state index >= 15 is 0 Å². The first-order valence-electron chi connectivity index (χ1n) is 7.69. The Balaban J connectivity index is 2.18. The minimum absolute atomic E-state index is 0.180. The third-order valence-corrected chi connectivity index (χ3v) is 5.89. The molecule has 1 aliphatic rings. The smallest absolute Gasteiger partial charge is 0.235 e. The fourth-order valence-corrected chi connectivity index (χ4v) is 3.27. The van der Waals surface area contributed by atoms with Crippen molar-refractivity contribution in [2.45, 2.75) is 76.4 Å². The van der Waals surface area contributed by atoms with Gasteiger partial charge in [0.2, 0.25) is 6.08 Å². The van der Waals surface area contributed by atoms with Gasteiger partial charge in [-0.2, -0.15) is 4.99 Å². The van der Waals surface area contributed by atoms with Crippen molar-refractivity contribution in [3.8, 4) is 0 Å². The molecular weight excluding hydrogens is 270 g/mol. The Hall–Kier alpha value is -0.483. The number of rotatable bonds is 8. The number of hydrogen-bond acceptors (Lipinski definition) is 4. The van der Waals surface area contributed by atoms with Crippen molar-refractivity contribution in [3.63, 3.8) is 0 Å². The molecule has 0 aromatic carbocycles. The highest BCUT2D eigenvalue weighted by Gasteiger charge is 2.34. The zero-order valence-electron chi connectivity index (χ0n) is 13.4. The third-order valence-electron chi connectivity index (χ3n) is 4.19. The van der Waals surface area contributed by atoms with Gasteiger partial charge in [-0.1, -0.05) is 26.6 Å². The van der Waals surface area contributed by atoms with Crippen molar-refractivity contribution in [1.82, 2.24) is 0 Å². The summed E-state index contributed by atoms with van der Waals surface area (Å²) in [5.74, 6) is 0. The largest absolute Gasteiger partial charge is 0.356 e. The lowest BCUT2D eigenvalue weighted by molar-refractivity contribution is -0.0998. The van der Waals surface area contributed by atoms with E-state index in [1.54, 1.807) is 6.08 Å². The van der Waals surface area contributed by atoms with Gasteiger partial charge in [0.05, 0.1) is 11.6 Å². The molecule has 0 aromatic heterocycles. The van der Waals surface area contributed by atoms with Crippen LogP contribution in [0.1, 0.15) is 39.0 Å². The average Bonchev–Trinajstić information content (AvgIpc) is 2.39. The first-order valence-corrected chi connectivity index (χ1v) is 11.4. The highest BCUT2D eigenvalue weighted by Crippen LogP contribution is 2.35. The molecule has 1 fully saturated rings. The topological polar surface area (TPSA) is 47.9 Å². The van der Waals surface area contributed by atoms with Gasteiger partial charge in [-0.3, -0.25) is 0 Å². The predicted molar refractivity (Wildman–Crippen MR) is 83.5 cm³/mol. The van der Waals surface area contributed by atoms with Gasteiger partial charge in [0.1, 0.15) is 6.79 Å². The molecule has 0 aromatic rings. The Morgan fingerprint density at radius 2 is 1.95 bits per heavy atom. The lowest BCUT2D eigenvalue weighted by Crippen LogP contribution is -2.35. The van der Waals surface area contributed by atoms with Crippen molar-refractivity contribution in [2.75, 3.05) is 13.4 Å². The minimum Gasteiger partial charge on any atom is -0.356 e. The zero-order chi connectivity index (χ0) is 15.1. The fourth-order valence-electron chi connectivity index (χ4n) is 2.52. The summed E-state index contributed by atoms with van der Waals surface area (Å²) in [7, 11) is -1.01. The summed E-state index contributed by atoms with van der Waals surface area (Å²) in [6.45, 7) is 10.3. The summed E-state index contributed by atoms with van der Waals surface area (Å²) in [4.78, 5) is 14.5. The van der Waals surface area contributed by atoms with Crippen LogP contribution in [0.3, 0.4) is 0 Å². The van der Waals surface area contributed by atoms with E-state index in [1.807, 2.05) is 0 Å². The Labute approximate surface area is 124 Å². The number of aliphatic imine (C=N–C) groups is 1. The molecule has 0 spiro atoms. The molecule has 1 saturated carbocycles. The molecular formula is C15H29NO3Si. The van der Waals surface area contributed by atoms with E-state index in [0.29, 0.717) is 6.79 Å². The van der Waals surface area contributed by atoms with E-state index in [1.165, 1.54) is 6.04 Å². The molecule has 0 aliphatic heterocycles. The summed E-state index contributed by atoms with van der Waals surface area (Å²) in [6, 6.07) is 1.17. The summed E-state index contributed by atoms with van der Waals surface area (Å²) in [5.41, 5.74) is -0.180. The van der Waals surface area contributed by atoms with Crippen LogP contribution < -0.4 is 0 Å². The van der Waals surface area contributed by atoms with Gasteiger partial charge in [-0.15, -0.1) is 0 Å². The maximum absolute atomic E-state index is 10.5. The molecule has 0 radical (unpaired) electrons. The minimum atomic E-state index is -1.01. The first-order chi connectivity index (χ1) is 9.41. The quantitative estimate of drug-likeness (QED) is 0.225.